The Bertz CT molecular complexity index is 509. The number of benzene rings is 1. The van der Waals surface area contributed by atoms with E-state index in [2.05, 4.69) is 0 Å². The molecule has 0 aliphatic carbocycles. The molecule has 0 atom stereocenters. The van der Waals surface area contributed by atoms with Crippen LogP contribution in [0.1, 0.15) is 45.6 Å². The van der Waals surface area contributed by atoms with E-state index in [0.717, 1.165) is 24.2 Å². The molecule has 0 unspecified atom stereocenters. The number of ether oxygens (including phenoxy) is 2. The number of nitrogens with zero attached hydrogens (tertiary/aromatic N) is 1. The lowest BCUT2D eigenvalue weighted by Gasteiger charge is -2.26. The molecule has 24 heavy (non-hydrogen) atoms. The highest BCUT2D eigenvalue weighted by atomic mass is 16.5. The van der Waals surface area contributed by atoms with Gasteiger partial charge in [-0.2, -0.15) is 0 Å². The molecule has 0 saturated carbocycles. The summed E-state index contributed by atoms with van der Waals surface area (Å²) >= 11 is 0. The van der Waals surface area contributed by atoms with Crippen LogP contribution in [0.5, 0.6) is 5.75 Å². The van der Waals surface area contributed by atoms with Gasteiger partial charge in [0.05, 0.1) is 20.1 Å². The SMILES string of the molecule is CCOC(=O)CCN(Cc1ccc(OC)cc1)C(=O)C(CC)CC. The minimum atomic E-state index is -0.269. The number of rotatable bonds is 10. The number of esters is 1. The highest BCUT2D eigenvalue weighted by molar-refractivity contribution is 5.79. The van der Waals surface area contributed by atoms with Gasteiger partial charge in [0.25, 0.3) is 0 Å². The number of amides is 1. The average Bonchev–Trinajstić information content (AvgIpc) is 2.60. The Morgan fingerprint density at radius 1 is 1.08 bits per heavy atom. The summed E-state index contributed by atoms with van der Waals surface area (Å²) in [5.74, 6) is 0.600. The van der Waals surface area contributed by atoms with E-state index in [1.807, 2.05) is 38.1 Å². The normalized spacial score (nSPS) is 10.5. The molecular weight excluding hydrogens is 306 g/mol. The molecular formula is C19H29NO4. The summed E-state index contributed by atoms with van der Waals surface area (Å²) < 4.78 is 10.1. The third-order valence-corrected chi connectivity index (χ3v) is 4.07. The van der Waals surface area contributed by atoms with Gasteiger partial charge in [-0.3, -0.25) is 9.59 Å². The van der Waals surface area contributed by atoms with Crippen molar-refractivity contribution in [2.24, 2.45) is 5.92 Å². The first-order chi connectivity index (χ1) is 11.5. The Hall–Kier alpha value is -2.04. The highest BCUT2D eigenvalue weighted by Gasteiger charge is 2.22. The molecule has 0 heterocycles. The molecule has 0 spiro atoms. The van der Waals surface area contributed by atoms with E-state index in [1.165, 1.54) is 0 Å². The number of hydrogen-bond donors (Lipinski definition) is 0. The van der Waals surface area contributed by atoms with Crippen molar-refractivity contribution in [3.8, 4) is 5.75 Å². The first-order valence-electron chi connectivity index (χ1n) is 8.62. The molecule has 1 aromatic carbocycles. The Balaban J connectivity index is 2.81. The predicted molar refractivity (Wildman–Crippen MR) is 93.7 cm³/mol. The second-order valence-corrected chi connectivity index (χ2v) is 5.68. The first kappa shape index (κ1) is 20.0. The molecule has 1 aromatic rings. The van der Waals surface area contributed by atoms with Crippen LogP contribution in [-0.4, -0.2) is 37.0 Å². The lowest BCUT2D eigenvalue weighted by Crippen LogP contribution is -2.37. The van der Waals surface area contributed by atoms with E-state index >= 15 is 0 Å². The van der Waals surface area contributed by atoms with Gasteiger partial charge in [0.1, 0.15) is 5.75 Å². The van der Waals surface area contributed by atoms with Crippen LogP contribution in [-0.2, 0) is 20.9 Å². The predicted octanol–water partition coefficient (Wildman–Crippen LogP) is 3.41. The van der Waals surface area contributed by atoms with E-state index in [-0.39, 0.29) is 24.2 Å². The summed E-state index contributed by atoms with van der Waals surface area (Å²) in [5.41, 5.74) is 1.01. The van der Waals surface area contributed by atoms with Gasteiger partial charge in [0.2, 0.25) is 5.91 Å². The fourth-order valence-electron chi connectivity index (χ4n) is 2.57. The molecule has 134 valence electrons. The molecule has 5 nitrogen and oxygen atoms in total. The monoisotopic (exact) mass is 335 g/mol. The molecule has 0 aliphatic heterocycles. The van der Waals surface area contributed by atoms with Crippen LogP contribution >= 0.6 is 0 Å². The standard InChI is InChI=1S/C19H29NO4/c1-5-16(6-2)19(22)20(13-12-18(21)24-7-3)14-15-8-10-17(23-4)11-9-15/h8-11,16H,5-7,12-14H2,1-4H3. The Kier molecular flexibility index (Phi) is 8.90. The van der Waals surface area contributed by atoms with E-state index in [9.17, 15) is 9.59 Å². The van der Waals surface area contributed by atoms with Crippen molar-refractivity contribution in [1.29, 1.82) is 0 Å². The second-order valence-electron chi connectivity index (χ2n) is 5.68. The van der Waals surface area contributed by atoms with Crippen molar-refractivity contribution in [3.05, 3.63) is 29.8 Å². The lowest BCUT2D eigenvalue weighted by atomic mass is 10.0. The molecule has 0 aliphatic rings. The zero-order chi connectivity index (χ0) is 17.9. The summed E-state index contributed by atoms with van der Waals surface area (Å²) in [4.78, 5) is 26.2. The fraction of sp³-hybridized carbons (Fsp3) is 0.579. The first-order valence-corrected chi connectivity index (χ1v) is 8.62. The zero-order valence-electron chi connectivity index (χ0n) is 15.2. The van der Waals surface area contributed by atoms with Crippen molar-refractivity contribution in [1.82, 2.24) is 4.90 Å². The van der Waals surface area contributed by atoms with Crippen LogP contribution in [0.25, 0.3) is 0 Å². The van der Waals surface area contributed by atoms with E-state index < -0.39 is 0 Å². The minimum Gasteiger partial charge on any atom is -0.497 e. The zero-order valence-corrected chi connectivity index (χ0v) is 15.2. The van der Waals surface area contributed by atoms with Crippen molar-refractivity contribution in [2.45, 2.75) is 46.6 Å². The molecule has 0 fully saturated rings. The summed E-state index contributed by atoms with van der Waals surface area (Å²) in [7, 11) is 1.62. The summed E-state index contributed by atoms with van der Waals surface area (Å²) in [6, 6.07) is 7.63. The van der Waals surface area contributed by atoms with Gasteiger partial charge >= 0.3 is 5.97 Å². The van der Waals surface area contributed by atoms with Crippen LogP contribution < -0.4 is 4.74 Å². The average molecular weight is 335 g/mol. The maximum absolute atomic E-state index is 12.8. The molecule has 0 N–H and O–H groups in total. The number of methoxy groups -OCH3 is 1. The van der Waals surface area contributed by atoms with Crippen LogP contribution in [0.4, 0.5) is 0 Å². The molecule has 1 amide bonds. The summed E-state index contributed by atoms with van der Waals surface area (Å²) in [6.45, 7) is 7.03. The molecule has 1 rings (SSSR count). The van der Waals surface area contributed by atoms with Gasteiger partial charge in [-0.25, -0.2) is 0 Å². The Morgan fingerprint density at radius 3 is 2.21 bits per heavy atom. The second kappa shape index (κ2) is 10.7. The van der Waals surface area contributed by atoms with Gasteiger partial charge in [0, 0.05) is 19.0 Å². The van der Waals surface area contributed by atoms with Gasteiger partial charge < -0.3 is 14.4 Å². The quantitative estimate of drug-likeness (QED) is 0.615. The van der Waals surface area contributed by atoms with Crippen molar-refractivity contribution in [3.63, 3.8) is 0 Å². The number of hydrogen-bond acceptors (Lipinski definition) is 4. The number of carbonyl (C=O) groups excluding carboxylic acids is 2. The smallest absolute Gasteiger partial charge is 0.307 e. The van der Waals surface area contributed by atoms with Gasteiger partial charge in [-0.15, -0.1) is 0 Å². The molecule has 0 radical (unpaired) electrons. The van der Waals surface area contributed by atoms with Crippen LogP contribution in [0.3, 0.4) is 0 Å². The topological polar surface area (TPSA) is 55.8 Å². The Labute approximate surface area is 144 Å². The lowest BCUT2D eigenvalue weighted by molar-refractivity contribution is -0.144. The van der Waals surface area contributed by atoms with Crippen LogP contribution in [0.15, 0.2) is 24.3 Å². The maximum atomic E-state index is 12.8. The van der Waals surface area contributed by atoms with Crippen LogP contribution in [0.2, 0.25) is 0 Å². The number of carbonyl (C=O) groups is 2. The molecule has 5 heteroatoms. The van der Waals surface area contributed by atoms with Crippen molar-refractivity contribution < 1.29 is 19.1 Å². The van der Waals surface area contributed by atoms with Crippen molar-refractivity contribution >= 4 is 11.9 Å². The minimum absolute atomic E-state index is 0.00885. The molecule has 0 saturated heterocycles. The fourth-order valence-corrected chi connectivity index (χ4v) is 2.57. The van der Waals surface area contributed by atoms with E-state index in [0.29, 0.717) is 19.7 Å². The summed E-state index contributed by atoms with van der Waals surface area (Å²) in [5, 5.41) is 0. The van der Waals surface area contributed by atoms with Crippen LogP contribution in [0, 0.1) is 5.92 Å². The van der Waals surface area contributed by atoms with E-state index in [1.54, 1.807) is 18.9 Å². The van der Waals surface area contributed by atoms with Crippen molar-refractivity contribution in [2.75, 3.05) is 20.3 Å². The van der Waals surface area contributed by atoms with E-state index in [4.69, 9.17) is 9.47 Å². The van der Waals surface area contributed by atoms with Gasteiger partial charge in [-0.1, -0.05) is 26.0 Å². The largest absolute Gasteiger partial charge is 0.497 e. The maximum Gasteiger partial charge on any atom is 0.307 e. The third-order valence-electron chi connectivity index (χ3n) is 4.07. The van der Waals surface area contributed by atoms with Gasteiger partial charge in [-0.05, 0) is 37.5 Å². The van der Waals surface area contributed by atoms with Gasteiger partial charge in [0.15, 0.2) is 0 Å². The third kappa shape index (κ3) is 6.22. The summed E-state index contributed by atoms with van der Waals surface area (Å²) in [6.07, 6.45) is 1.82. The molecule has 0 bridgehead atoms. The highest BCUT2D eigenvalue weighted by Crippen LogP contribution is 2.17. The Morgan fingerprint density at radius 2 is 1.71 bits per heavy atom. The molecule has 0 aromatic heterocycles.